The molecule has 142 valence electrons. The van der Waals surface area contributed by atoms with Gasteiger partial charge in [-0.2, -0.15) is 0 Å². The van der Waals surface area contributed by atoms with Crippen LogP contribution < -0.4 is 15.8 Å². The van der Waals surface area contributed by atoms with Crippen LogP contribution in [0.3, 0.4) is 0 Å². The zero-order chi connectivity index (χ0) is 18.0. The second-order valence-corrected chi connectivity index (χ2v) is 7.30. The lowest BCUT2D eigenvalue weighted by Crippen LogP contribution is -2.75. The molecule has 2 rings (SSSR count). The van der Waals surface area contributed by atoms with Crippen molar-refractivity contribution in [1.82, 2.24) is 5.32 Å². The highest BCUT2D eigenvalue weighted by Crippen LogP contribution is 2.49. The molecule has 0 aromatic heterocycles. The fourth-order valence-corrected chi connectivity index (χ4v) is 3.17. The number of ether oxygens (including phenoxy) is 2. The Morgan fingerprint density at radius 2 is 2.00 bits per heavy atom. The van der Waals surface area contributed by atoms with E-state index in [2.05, 4.69) is 5.32 Å². The van der Waals surface area contributed by atoms with Crippen LogP contribution in [0.1, 0.15) is 46.6 Å². The van der Waals surface area contributed by atoms with Crippen LogP contribution in [0.4, 0.5) is 0 Å². The molecule has 5 nitrogen and oxygen atoms in total. The molecule has 0 saturated heterocycles. The number of para-hydroxylation sites is 1. The lowest BCUT2D eigenvalue weighted by atomic mass is 9.54. The van der Waals surface area contributed by atoms with E-state index in [0.717, 1.165) is 11.3 Å². The van der Waals surface area contributed by atoms with Gasteiger partial charge < -0.3 is 20.5 Å². The van der Waals surface area contributed by atoms with Crippen molar-refractivity contribution >= 4 is 18.3 Å². The van der Waals surface area contributed by atoms with E-state index >= 15 is 0 Å². The summed E-state index contributed by atoms with van der Waals surface area (Å²) < 4.78 is 11.5. The van der Waals surface area contributed by atoms with E-state index in [4.69, 9.17) is 15.2 Å². The van der Waals surface area contributed by atoms with Gasteiger partial charge >= 0.3 is 0 Å². The highest BCUT2D eigenvalue weighted by atomic mass is 35.5. The third-order valence-electron chi connectivity index (χ3n) is 5.01. The molecule has 1 aromatic rings. The average molecular weight is 371 g/mol. The van der Waals surface area contributed by atoms with Gasteiger partial charge in [0.1, 0.15) is 11.3 Å². The van der Waals surface area contributed by atoms with Crippen LogP contribution in [-0.4, -0.2) is 30.3 Å². The fourth-order valence-electron chi connectivity index (χ4n) is 3.17. The van der Waals surface area contributed by atoms with Gasteiger partial charge in [0.25, 0.3) is 0 Å². The lowest BCUT2D eigenvalue weighted by Gasteiger charge is -2.57. The van der Waals surface area contributed by atoms with E-state index < -0.39 is 5.54 Å². The predicted molar refractivity (Wildman–Crippen MR) is 102 cm³/mol. The molecule has 0 heterocycles. The Kier molecular flexibility index (Phi) is 7.29. The van der Waals surface area contributed by atoms with Crippen LogP contribution in [0.2, 0.25) is 0 Å². The molecule has 2 atom stereocenters. The molecule has 6 heteroatoms. The second-order valence-electron chi connectivity index (χ2n) is 7.30. The molecular weight excluding hydrogens is 340 g/mol. The molecule has 0 spiro atoms. The third-order valence-corrected chi connectivity index (χ3v) is 5.01. The Bertz CT molecular complexity index is 592. The minimum absolute atomic E-state index is 0. The first kappa shape index (κ1) is 21.7. The summed E-state index contributed by atoms with van der Waals surface area (Å²) in [6, 6.07) is 7.73. The van der Waals surface area contributed by atoms with Crippen LogP contribution >= 0.6 is 12.4 Å². The summed E-state index contributed by atoms with van der Waals surface area (Å²) in [7, 11) is 0. The topological polar surface area (TPSA) is 73.6 Å². The van der Waals surface area contributed by atoms with E-state index in [1.807, 2.05) is 58.9 Å². The average Bonchev–Trinajstić information content (AvgIpc) is 2.52. The number of hydrogen-bond donors (Lipinski definition) is 2. The van der Waals surface area contributed by atoms with Gasteiger partial charge in [0.2, 0.25) is 5.91 Å². The summed E-state index contributed by atoms with van der Waals surface area (Å²) in [6.07, 6.45) is 0.652. The zero-order valence-corrected chi connectivity index (χ0v) is 16.6. The van der Waals surface area contributed by atoms with Crippen LogP contribution in [-0.2, 0) is 16.1 Å². The number of carbonyl (C=O) groups excluding carboxylic acids is 1. The van der Waals surface area contributed by atoms with Crippen LogP contribution in [0.5, 0.6) is 5.75 Å². The smallest absolute Gasteiger partial charge is 0.241 e. The van der Waals surface area contributed by atoms with Crippen LogP contribution in [0.25, 0.3) is 0 Å². The summed E-state index contributed by atoms with van der Waals surface area (Å²) in [5.74, 6) is 0.654. The zero-order valence-electron chi connectivity index (χ0n) is 15.8. The van der Waals surface area contributed by atoms with Gasteiger partial charge in [-0.15, -0.1) is 12.4 Å². The maximum Gasteiger partial charge on any atom is 0.241 e. The third kappa shape index (κ3) is 4.27. The van der Waals surface area contributed by atoms with Crippen molar-refractivity contribution in [2.24, 2.45) is 11.1 Å². The maximum absolute atomic E-state index is 12.7. The van der Waals surface area contributed by atoms with Gasteiger partial charge in [-0.3, -0.25) is 4.79 Å². The normalized spacial score (nSPS) is 24.2. The number of nitrogens with one attached hydrogen (secondary N) is 1. The summed E-state index contributed by atoms with van der Waals surface area (Å²) >= 11 is 0. The fraction of sp³-hybridized carbons (Fsp3) is 0.632. The molecule has 2 unspecified atom stereocenters. The monoisotopic (exact) mass is 370 g/mol. The van der Waals surface area contributed by atoms with Gasteiger partial charge in [-0.1, -0.05) is 32.0 Å². The Labute approximate surface area is 157 Å². The minimum Gasteiger partial charge on any atom is -0.491 e. The van der Waals surface area contributed by atoms with Gasteiger partial charge in [-0.25, -0.2) is 0 Å². The van der Waals surface area contributed by atoms with Gasteiger partial charge in [0.15, 0.2) is 0 Å². The summed E-state index contributed by atoms with van der Waals surface area (Å²) in [4.78, 5) is 12.7. The Morgan fingerprint density at radius 3 is 2.56 bits per heavy atom. The quantitative estimate of drug-likeness (QED) is 0.773. The van der Waals surface area contributed by atoms with E-state index in [1.165, 1.54) is 0 Å². The molecule has 3 N–H and O–H groups in total. The second kappa shape index (κ2) is 8.39. The molecule has 1 aliphatic rings. The van der Waals surface area contributed by atoms with E-state index in [-0.39, 0.29) is 35.9 Å². The van der Waals surface area contributed by atoms with Crippen molar-refractivity contribution in [2.45, 2.75) is 65.3 Å². The predicted octanol–water partition coefficient (Wildman–Crippen LogP) is 3.04. The van der Waals surface area contributed by atoms with Crippen molar-refractivity contribution in [3.05, 3.63) is 29.8 Å². The molecule has 25 heavy (non-hydrogen) atoms. The van der Waals surface area contributed by atoms with Crippen molar-refractivity contribution < 1.29 is 14.3 Å². The van der Waals surface area contributed by atoms with E-state index in [1.54, 1.807) is 0 Å². The van der Waals surface area contributed by atoms with Gasteiger partial charge in [0, 0.05) is 30.6 Å². The summed E-state index contributed by atoms with van der Waals surface area (Å²) in [5, 5.41) is 2.97. The molecule has 0 aliphatic heterocycles. The molecule has 1 fully saturated rings. The standard InChI is InChI=1S/C19H30N2O3.ClH/c1-6-23-16-11-19(20,18(16,4)5)17(22)21-12-14-9-7-8-10-15(14)24-13(2)3;/h7-10,13,16H,6,11-12,20H2,1-5H3,(H,21,22);1H. The number of nitrogens with two attached hydrogens (primary N) is 1. The molecule has 1 amide bonds. The first-order valence-corrected chi connectivity index (χ1v) is 8.65. The Hall–Kier alpha value is -1.30. The number of rotatable bonds is 7. The van der Waals surface area contributed by atoms with Crippen molar-refractivity contribution in [1.29, 1.82) is 0 Å². The number of hydrogen-bond acceptors (Lipinski definition) is 4. The van der Waals surface area contributed by atoms with Crippen molar-refractivity contribution in [3.8, 4) is 5.75 Å². The number of benzene rings is 1. The van der Waals surface area contributed by atoms with E-state index in [0.29, 0.717) is 19.6 Å². The summed E-state index contributed by atoms with van der Waals surface area (Å²) in [6.45, 7) is 10.9. The molecule has 1 aromatic carbocycles. The highest BCUT2D eigenvalue weighted by Gasteiger charge is 2.62. The molecule has 0 bridgehead atoms. The minimum atomic E-state index is -0.902. The number of halogens is 1. The van der Waals surface area contributed by atoms with E-state index in [9.17, 15) is 4.79 Å². The van der Waals surface area contributed by atoms with Crippen LogP contribution in [0, 0.1) is 5.41 Å². The summed E-state index contributed by atoms with van der Waals surface area (Å²) in [5.41, 5.74) is 6.06. The maximum atomic E-state index is 12.7. The van der Waals surface area contributed by atoms with Crippen molar-refractivity contribution in [2.75, 3.05) is 6.61 Å². The Balaban J connectivity index is 0.00000312. The lowest BCUT2D eigenvalue weighted by molar-refractivity contribution is -0.170. The number of amides is 1. The molecule has 0 radical (unpaired) electrons. The molecular formula is C19H31ClN2O3. The first-order chi connectivity index (χ1) is 11.2. The Morgan fingerprint density at radius 1 is 1.36 bits per heavy atom. The van der Waals surface area contributed by atoms with Crippen molar-refractivity contribution in [3.63, 3.8) is 0 Å². The highest BCUT2D eigenvalue weighted by molar-refractivity contribution is 5.88. The van der Waals surface area contributed by atoms with Gasteiger partial charge in [-0.05, 0) is 26.8 Å². The largest absolute Gasteiger partial charge is 0.491 e. The SMILES string of the molecule is CCOC1CC(N)(C(=O)NCc2ccccc2OC(C)C)C1(C)C.Cl. The van der Waals surface area contributed by atoms with Gasteiger partial charge in [0.05, 0.1) is 12.2 Å². The number of carbonyl (C=O) groups is 1. The molecule has 1 saturated carbocycles. The first-order valence-electron chi connectivity index (χ1n) is 8.65. The van der Waals surface area contributed by atoms with Crippen LogP contribution in [0.15, 0.2) is 24.3 Å². The molecule has 1 aliphatic carbocycles.